The van der Waals surface area contributed by atoms with Crippen LogP contribution in [-0.2, 0) is 0 Å². The van der Waals surface area contributed by atoms with Crippen LogP contribution in [0.25, 0.3) is 5.82 Å². The Labute approximate surface area is 191 Å². The Morgan fingerprint density at radius 2 is 1.66 bits per heavy atom. The zero-order valence-corrected chi connectivity index (χ0v) is 18.6. The first-order chi connectivity index (χ1) is 15.6. The second-order valence-corrected chi connectivity index (χ2v) is 8.18. The first-order valence-corrected chi connectivity index (χ1v) is 10.8. The standard InChI is InChI=1S/C25H22FN5S/c1-16-15-18(17(2)30(16)22-12-6-8-14-28-22)24-23(20-10-5-7-13-27-20)29-25(32)31(24)21-11-4-3-9-19(21)26/h3-15,23-24H,1-2H3,(H,29,32)/t23-,24-/m0/s1. The van der Waals surface area contributed by atoms with Crippen molar-refractivity contribution in [3.63, 3.8) is 0 Å². The van der Waals surface area contributed by atoms with Crippen LogP contribution in [0.5, 0.6) is 0 Å². The largest absolute Gasteiger partial charge is 0.351 e. The average Bonchev–Trinajstić information content (AvgIpc) is 3.30. The summed E-state index contributed by atoms with van der Waals surface area (Å²) in [4.78, 5) is 11.0. The highest BCUT2D eigenvalue weighted by Gasteiger charge is 2.43. The summed E-state index contributed by atoms with van der Waals surface area (Å²) in [6, 6.07) is 20.0. The Kier molecular flexibility index (Phi) is 5.19. The van der Waals surface area contributed by atoms with E-state index < -0.39 is 0 Å². The van der Waals surface area contributed by atoms with Crippen LogP contribution >= 0.6 is 12.2 Å². The number of rotatable bonds is 4. The van der Waals surface area contributed by atoms with E-state index in [-0.39, 0.29) is 17.9 Å². The van der Waals surface area contributed by atoms with Gasteiger partial charge in [-0.15, -0.1) is 0 Å². The summed E-state index contributed by atoms with van der Waals surface area (Å²) >= 11 is 5.71. The third-order valence-corrected chi connectivity index (χ3v) is 6.19. The molecule has 0 aliphatic carbocycles. The molecule has 5 rings (SSSR count). The minimum Gasteiger partial charge on any atom is -0.351 e. The minimum atomic E-state index is -0.318. The molecule has 1 saturated heterocycles. The lowest BCUT2D eigenvalue weighted by atomic mass is 9.96. The Balaban J connectivity index is 1.70. The highest BCUT2D eigenvalue weighted by Crippen LogP contribution is 2.44. The van der Waals surface area contributed by atoms with E-state index >= 15 is 0 Å². The molecule has 5 nitrogen and oxygen atoms in total. The second kappa shape index (κ2) is 8.16. The fourth-order valence-corrected chi connectivity index (χ4v) is 4.84. The number of para-hydroxylation sites is 1. The van der Waals surface area contributed by atoms with Crippen LogP contribution in [0.2, 0.25) is 0 Å². The zero-order valence-electron chi connectivity index (χ0n) is 17.7. The van der Waals surface area contributed by atoms with E-state index in [0.717, 1.165) is 28.5 Å². The maximum absolute atomic E-state index is 14.9. The molecule has 0 bridgehead atoms. The summed E-state index contributed by atoms with van der Waals surface area (Å²) in [5.74, 6) is 0.524. The van der Waals surface area contributed by atoms with Crippen molar-refractivity contribution in [2.24, 2.45) is 0 Å². The lowest BCUT2D eigenvalue weighted by molar-refractivity contribution is 0.556. The molecule has 2 atom stereocenters. The molecular formula is C25H22FN5S. The number of hydrogen-bond donors (Lipinski definition) is 1. The van der Waals surface area contributed by atoms with E-state index in [1.165, 1.54) is 6.07 Å². The molecule has 7 heteroatoms. The van der Waals surface area contributed by atoms with Gasteiger partial charge in [-0.3, -0.25) is 4.98 Å². The van der Waals surface area contributed by atoms with Crippen molar-refractivity contribution in [1.82, 2.24) is 19.9 Å². The smallest absolute Gasteiger partial charge is 0.174 e. The highest BCUT2D eigenvalue weighted by atomic mass is 32.1. The predicted molar refractivity (Wildman–Crippen MR) is 127 cm³/mol. The maximum atomic E-state index is 14.9. The monoisotopic (exact) mass is 443 g/mol. The van der Waals surface area contributed by atoms with Gasteiger partial charge in [0.2, 0.25) is 0 Å². The summed E-state index contributed by atoms with van der Waals surface area (Å²) in [6.07, 6.45) is 3.54. The van der Waals surface area contributed by atoms with Crippen LogP contribution in [0.4, 0.5) is 10.1 Å². The average molecular weight is 444 g/mol. The number of nitrogens with one attached hydrogen (secondary N) is 1. The quantitative estimate of drug-likeness (QED) is 0.439. The van der Waals surface area contributed by atoms with Crippen LogP contribution in [0.15, 0.2) is 79.1 Å². The van der Waals surface area contributed by atoms with Crippen LogP contribution < -0.4 is 10.2 Å². The fraction of sp³-hybridized carbons (Fsp3) is 0.160. The molecule has 1 fully saturated rings. The second-order valence-electron chi connectivity index (χ2n) is 7.80. The molecule has 32 heavy (non-hydrogen) atoms. The number of hydrogen-bond acceptors (Lipinski definition) is 3. The highest BCUT2D eigenvalue weighted by molar-refractivity contribution is 7.80. The Morgan fingerprint density at radius 3 is 2.34 bits per heavy atom. The van der Waals surface area contributed by atoms with E-state index in [1.807, 2.05) is 47.4 Å². The van der Waals surface area contributed by atoms with Crippen LogP contribution in [0.3, 0.4) is 0 Å². The first kappa shape index (κ1) is 20.3. The van der Waals surface area contributed by atoms with Crippen molar-refractivity contribution in [1.29, 1.82) is 0 Å². The van der Waals surface area contributed by atoms with Crippen molar-refractivity contribution in [2.75, 3.05) is 4.90 Å². The van der Waals surface area contributed by atoms with Gasteiger partial charge in [0.05, 0.1) is 23.5 Å². The summed E-state index contributed by atoms with van der Waals surface area (Å²) in [5, 5.41) is 3.86. The van der Waals surface area contributed by atoms with Gasteiger partial charge in [-0.25, -0.2) is 9.37 Å². The van der Waals surface area contributed by atoms with Gasteiger partial charge < -0.3 is 14.8 Å². The minimum absolute atomic E-state index is 0.235. The summed E-state index contributed by atoms with van der Waals surface area (Å²) in [5.41, 5.74) is 4.40. The molecule has 1 aliphatic rings. The van der Waals surface area contributed by atoms with E-state index in [4.69, 9.17) is 12.2 Å². The number of benzene rings is 1. The Bertz CT molecular complexity index is 1270. The van der Waals surface area contributed by atoms with Gasteiger partial charge in [-0.1, -0.05) is 24.3 Å². The molecule has 0 amide bonds. The van der Waals surface area contributed by atoms with E-state index in [9.17, 15) is 4.39 Å². The molecule has 0 saturated carbocycles. The van der Waals surface area contributed by atoms with Crippen LogP contribution in [0.1, 0.15) is 34.7 Å². The van der Waals surface area contributed by atoms with E-state index in [1.54, 1.807) is 24.5 Å². The SMILES string of the molecule is Cc1cc([C@H]2[C@H](c3ccccn3)NC(=S)N2c2ccccc2F)c(C)n1-c1ccccn1. The molecule has 4 aromatic rings. The fourth-order valence-electron chi connectivity index (χ4n) is 4.50. The molecule has 1 aromatic carbocycles. The lowest BCUT2D eigenvalue weighted by Crippen LogP contribution is -2.30. The number of anilines is 1. The molecule has 1 N–H and O–H groups in total. The normalized spacial score (nSPS) is 18.1. The summed E-state index contributed by atoms with van der Waals surface area (Å²) in [6.45, 7) is 4.11. The molecule has 160 valence electrons. The van der Waals surface area contributed by atoms with Crippen LogP contribution in [-0.4, -0.2) is 19.6 Å². The van der Waals surface area contributed by atoms with Crippen LogP contribution in [0, 0.1) is 19.7 Å². The van der Waals surface area contributed by atoms with Gasteiger partial charge in [0, 0.05) is 23.8 Å². The molecule has 0 radical (unpaired) electrons. The van der Waals surface area contributed by atoms with Gasteiger partial charge in [-0.05, 0) is 74.1 Å². The zero-order chi connectivity index (χ0) is 22.2. The topological polar surface area (TPSA) is 46.0 Å². The molecule has 1 aliphatic heterocycles. The number of aryl methyl sites for hydroxylation is 1. The van der Waals surface area contributed by atoms with Gasteiger partial charge in [-0.2, -0.15) is 0 Å². The van der Waals surface area contributed by atoms with Gasteiger partial charge in [0.1, 0.15) is 11.6 Å². The Hall–Kier alpha value is -3.58. The molecule has 0 spiro atoms. The van der Waals surface area contributed by atoms with Gasteiger partial charge in [0.25, 0.3) is 0 Å². The predicted octanol–water partition coefficient (Wildman–Crippen LogP) is 5.20. The number of aromatic nitrogens is 3. The summed E-state index contributed by atoms with van der Waals surface area (Å²) < 4.78 is 17.0. The van der Waals surface area contributed by atoms with Crippen molar-refractivity contribution >= 4 is 23.0 Å². The van der Waals surface area contributed by atoms with Gasteiger partial charge in [0.15, 0.2) is 5.11 Å². The summed E-state index contributed by atoms with van der Waals surface area (Å²) in [7, 11) is 0. The maximum Gasteiger partial charge on any atom is 0.174 e. The Morgan fingerprint density at radius 1 is 0.938 bits per heavy atom. The first-order valence-electron chi connectivity index (χ1n) is 10.4. The van der Waals surface area contributed by atoms with Crippen molar-refractivity contribution in [3.05, 3.63) is 108 Å². The lowest BCUT2D eigenvalue weighted by Gasteiger charge is -2.28. The van der Waals surface area contributed by atoms with Crippen molar-refractivity contribution in [2.45, 2.75) is 25.9 Å². The third-order valence-electron chi connectivity index (χ3n) is 5.88. The number of pyridine rings is 2. The van der Waals surface area contributed by atoms with E-state index in [2.05, 4.69) is 39.8 Å². The van der Waals surface area contributed by atoms with Gasteiger partial charge >= 0.3 is 0 Å². The number of thiocarbonyl (C=S) groups is 1. The molecule has 4 heterocycles. The molecule has 0 unspecified atom stereocenters. The third kappa shape index (κ3) is 3.35. The van der Waals surface area contributed by atoms with Crippen molar-refractivity contribution in [3.8, 4) is 5.82 Å². The molecular weight excluding hydrogens is 421 g/mol. The number of nitrogens with zero attached hydrogens (tertiary/aromatic N) is 4. The number of halogens is 1. The molecule has 3 aromatic heterocycles. The van der Waals surface area contributed by atoms with E-state index in [0.29, 0.717) is 10.8 Å². The van der Waals surface area contributed by atoms with Crippen molar-refractivity contribution < 1.29 is 4.39 Å².